The molecule has 0 radical (unpaired) electrons. The first kappa shape index (κ1) is 13.1. The summed E-state index contributed by atoms with van der Waals surface area (Å²) in [5.74, 6) is -0.189. The van der Waals surface area contributed by atoms with Crippen molar-refractivity contribution >= 4 is 17.7 Å². The molecule has 104 valence electrons. The molecule has 1 aliphatic rings. The van der Waals surface area contributed by atoms with Crippen molar-refractivity contribution in [3.05, 3.63) is 29.3 Å². The van der Waals surface area contributed by atoms with Gasteiger partial charge in [-0.25, -0.2) is 0 Å². The third kappa shape index (κ3) is 2.40. The number of nitrogens with zero attached hydrogens (tertiary/aromatic N) is 4. The summed E-state index contributed by atoms with van der Waals surface area (Å²) in [6, 6.07) is 6.11. The predicted octanol–water partition coefficient (Wildman–Crippen LogP) is 1.69. The van der Waals surface area contributed by atoms with Crippen LogP contribution in [0.5, 0.6) is 0 Å². The van der Waals surface area contributed by atoms with Crippen LogP contribution in [0.25, 0.3) is 5.69 Å². The molecule has 0 unspecified atom stereocenters. The summed E-state index contributed by atoms with van der Waals surface area (Å²) in [5, 5.41) is 12.2. The second kappa shape index (κ2) is 5.24. The van der Waals surface area contributed by atoms with E-state index in [1.54, 1.807) is 4.68 Å². The first-order valence-corrected chi connectivity index (χ1v) is 7.22. The van der Waals surface area contributed by atoms with Gasteiger partial charge in [-0.2, -0.15) is 4.68 Å². The van der Waals surface area contributed by atoms with E-state index in [2.05, 4.69) is 15.5 Å². The minimum absolute atomic E-state index is 0.189. The largest absolute Gasteiger partial charge is 0.465 e. The molecule has 1 saturated heterocycles. The van der Waals surface area contributed by atoms with Gasteiger partial charge in [-0.05, 0) is 41.5 Å². The number of esters is 1. The van der Waals surface area contributed by atoms with Gasteiger partial charge in [0.15, 0.2) is 0 Å². The molecule has 3 rings (SSSR count). The van der Waals surface area contributed by atoms with Gasteiger partial charge >= 0.3 is 5.97 Å². The van der Waals surface area contributed by atoms with Crippen molar-refractivity contribution in [1.82, 2.24) is 20.2 Å². The maximum Gasteiger partial charge on any atom is 0.319 e. The highest BCUT2D eigenvalue weighted by atomic mass is 32.2. The van der Waals surface area contributed by atoms with Crippen LogP contribution in [0.4, 0.5) is 0 Å². The molecule has 20 heavy (non-hydrogen) atoms. The first-order valence-electron chi connectivity index (χ1n) is 6.34. The average molecular weight is 290 g/mol. The predicted molar refractivity (Wildman–Crippen MR) is 73.8 cm³/mol. The second-order valence-electron chi connectivity index (χ2n) is 4.73. The number of carbonyl (C=O) groups excluding carboxylic acids is 1. The third-order valence-corrected chi connectivity index (χ3v) is 4.35. The molecule has 1 aromatic heterocycles. The van der Waals surface area contributed by atoms with E-state index in [4.69, 9.17) is 4.74 Å². The van der Waals surface area contributed by atoms with E-state index < -0.39 is 0 Å². The normalized spacial score (nSPS) is 18.3. The van der Waals surface area contributed by atoms with Gasteiger partial charge in [-0.3, -0.25) is 4.79 Å². The van der Waals surface area contributed by atoms with Gasteiger partial charge in [0.25, 0.3) is 0 Å². The number of thioether (sulfide) groups is 1. The summed E-state index contributed by atoms with van der Waals surface area (Å²) in [4.78, 5) is 11.5. The number of hydrogen-bond donors (Lipinski definition) is 0. The van der Waals surface area contributed by atoms with Crippen molar-refractivity contribution in [2.45, 2.75) is 30.7 Å². The van der Waals surface area contributed by atoms with Crippen LogP contribution in [-0.2, 0) is 9.53 Å². The van der Waals surface area contributed by atoms with E-state index in [1.165, 1.54) is 11.8 Å². The number of tetrazole rings is 1. The molecule has 0 amide bonds. The topological polar surface area (TPSA) is 69.9 Å². The Bertz CT molecular complexity index is 656. The van der Waals surface area contributed by atoms with Crippen LogP contribution in [0, 0.1) is 13.8 Å². The fourth-order valence-electron chi connectivity index (χ4n) is 2.06. The molecule has 1 aliphatic heterocycles. The van der Waals surface area contributed by atoms with Crippen molar-refractivity contribution in [3.63, 3.8) is 0 Å². The average Bonchev–Trinajstić information content (AvgIpc) is 3.03. The van der Waals surface area contributed by atoms with E-state index >= 15 is 0 Å². The number of rotatable bonds is 3. The number of carbonyl (C=O) groups is 1. The molecular weight excluding hydrogens is 276 g/mol. The Morgan fingerprint density at radius 2 is 2.25 bits per heavy atom. The minimum atomic E-state index is -0.218. The third-order valence-electron chi connectivity index (χ3n) is 3.17. The molecule has 2 heterocycles. The van der Waals surface area contributed by atoms with Gasteiger partial charge in [-0.15, -0.1) is 5.10 Å². The maximum atomic E-state index is 11.5. The van der Waals surface area contributed by atoms with Crippen LogP contribution >= 0.6 is 11.8 Å². The Hall–Kier alpha value is -1.89. The lowest BCUT2D eigenvalue weighted by Crippen LogP contribution is -2.11. The Kier molecular flexibility index (Phi) is 3.43. The fourth-order valence-corrected chi connectivity index (χ4v) is 3.01. The van der Waals surface area contributed by atoms with Crippen LogP contribution in [0.3, 0.4) is 0 Å². The van der Waals surface area contributed by atoms with Crippen molar-refractivity contribution in [2.24, 2.45) is 0 Å². The van der Waals surface area contributed by atoms with Crippen LogP contribution in [0.1, 0.15) is 17.5 Å². The number of hydrogen-bond acceptors (Lipinski definition) is 6. The smallest absolute Gasteiger partial charge is 0.319 e. The van der Waals surface area contributed by atoms with E-state index in [0.29, 0.717) is 18.2 Å². The molecule has 0 spiro atoms. The highest BCUT2D eigenvalue weighted by molar-refractivity contribution is 8.00. The molecule has 2 aromatic rings. The van der Waals surface area contributed by atoms with E-state index in [-0.39, 0.29) is 11.2 Å². The van der Waals surface area contributed by atoms with Gasteiger partial charge in [0.1, 0.15) is 5.25 Å². The van der Waals surface area contributed by atoms with E-state index in [0.717, 1.165) is 16.8 Å². The van der Waals surface area contributed by atoms with Gasteiger partial charge in [0.2, 0.25) is 5.16 Å². The van der Waals surface area contributed by atoms with Gasteiger partial charge in [-0.1, -0.05) is 23.9 Å². The van der Waals surface area contributed by atoms with Crippen LogP contribution in [0.15, 0.2) is 23.4 Å². The fraction of sp³-hybridized carbons (Fsp3) is 0.385. The zero-order valence-corrected chi connectivity index (χ0v) is 12.1. The zero-order valence-electron chi connectivity index (χ0n) is 11.2. The second-order valence-corrected chi connectivity index (χ2v) is 5.90. The highest BCUT2D eigenvalue weighted by Gasteiger charge is 2.29. The van der Waals surface area contributed by atoms with Crippen molar-refractivity contribution < 1.29 is 9.53 Å². The standard InChI is InChI=1S/C13H14N4O2S/c1-8-3-4-9(2)10(7-8)17-13(14-15-16-17)20-11-5-6-19-12(11)18/h3-4,7,11H,5-6H2,1-2H3/t11-/m0/s1. The molecule has 0 bridgehead atoms. The SMILES string of the molecule is Cc1ccc(C)c(-n2nnnc2S[C@H]2CCOC2=O)c1. The van der Waals surface area contributed by atoms with E-state index in [9.17, 15) is 4.79 Å². The molecule has 1 fully saturated rings. The number of cyclic esters (lactones) is 1. The van der Waals surface area contributed by atoms with Gasteiger partial charge in [0, 0.05) is 6.42 Å². The molecule has 1 atom stereocenters. The molecule has 7 heteroatoms. The molecule has 0 N–H and O–H groups in total. The lowest BCUT2D eigenvalue weighted by Gasteiger charge is -2.09. The summed E-state index contributed by atoms with van der Waals surface area (Å²) in [7, 11) is 0. The number of benzene rings is 1. The zero-order chi connectivity index (χ0) is 14.1. The van der Waals surface area contributed by atoms with Crippen molar-refractivity contribution in [3.8, 4) is 5.69 Å². The molecule has 0 aliphatic carbocycles. The summed E-state index contributed by atoms with van der Waals surface area (Å²) < 4.78 is 6.64. The molecule has 6 nitrogen and oxygen atoms in total. The van der Waals surface area contributed by atoms with Crippen LogP contribution < -0.4 is 0 Å². The molecule has 1 aromatic carbocycles. The van der Waals surface area contributed by atoms with Crippen molar-refractivity contribution in [2.75, 3.05) is 6.61 Å². The maximum absolute atomic E-state index is 11.5. The highest BCUT2D eigenvalue weighted by Crippen LogP contribution is 2.29. The number of aryl methyl sites for hydroxylation is 2. The summed E-state index contributed by atoms with van der Waals surface area (Å²) in [5.41, 5.74) is 3.15. The van der Waals surface area contributed by atoms with Crippen molar-refractivity contribution in [1.29, 1.82) is 0 Å². The lowest BCUT2D eigenvalue weighted by molar-refractivity contribution is -0.137. The quantitative estimate of drug-likeness (QED) is 0.801. The minimum Gasteiger partial charge on any atom is -0.465 e. The monoisotopic (exact) mass is 290 g/mol. The van der Waals surface area contributed by atoms with Gasteiger partial charge in [0.05, 0.1) is 12.3 Å². The Morgan fingerprint density at radius 1 is 1.40 bits per heavy atom. The summed E-state index contributed by atoms with van der Waals surface area (Å²) in [6.45, 7) is 4.50. The summed E-state index contributed by atoms with van der Waals surface area (Å²) in [6.07, 6.45) is 0.698. The summed E-state index contributed by atoms with van der Waals surface area (Å²) >= 11 is 1.35. The lowest BCUT2D eigenvalue weighted by atomic mass is 10.1. The number of ether oxygens (including phenoxy) is 1. The Balaban J connectivity index is 1.93. The first-order chi connectivity index (χ1) is 9.65. The molecule has 0 saturated carbocycles. The van der Waals surface area contributed by atoms with Gasteiger partial charge < -0.3 is 4.74 Å². The van der Waals surface area contributed by atoms with Crippen LogP contribution in [-0.4, -0.2) is 38.0 Å². The molecular formula is C13H14N4O2S. The van der Waals surface area contributed by atoms with Crippen LogP contribution in [0.2, 0.25) is 0 Å². The Morgan fingerprint density at radius 3 is 3.00 bits per heavy atom. The number of aromatic nitrogens is 4. The van der Waals surface area contributed by atoms with E-state index in [1.807, 2.05) is 32.0 Å². The Labute approximate surface area is 120 Å².